The third-order valence-corrected chi connectivity index (χ3v) is 4.93. The van der Waals surface area contributed by atoms with Crippen molar-refractivity contribution in [3.63, 3.8) is 0 Å². The van der Waals surface area contributed by atoms with E-state index in [0.29, 0.717) is 24.8 Å². The van der Waals surface area contributed by atoms with Crippen LogP contribution in [-0.2, 0) is 6.42 Å². The predicted molar refractivity (Wildman–Crippen MR) is 125 cm³/mol. The zero-order valence-corrected chi connectivity index (χ0v) is 19.3. The van der Waals surface area contributed by atoms with Crippen molar-refractivity contribution >= 4 is 41.7 Å². The lowest BCUT2D eigenvalue weighted by Crippen LogP contribution is -2.33. The minimum Gasteiger partial charge on any atom is -0.493 e. The van der Waals surface area contributed by atoms with Crippen LogP contribution in [0.25, 0.3) is 0 Å². The highest BCUT2D eigenvalue weighted by molar-refractivity contribution is 14.0. The van der Waals surface area contributed by atoms with E-state index < -0.39 is 0 Å². The molecule has 0 bridgehead atoms. The molecule has 0 saturated carbocycles. The number of aliphatic imine (C=N–C) groups is 1. The Balaban J connectivity index is 0.00000392. The Morgan fingerprint density at radius 3 is 2.50 bits per heavy atom. The molecule has 0 amide bonds. The van der Waals surface area contributed by atoms with Gasteiger partial charge in [0.05, 0.1) is 14.2 Å². The molecule has 154 valence electrons. The van der Waals surface area contributed by atoms with Crippen molar-refractivity contribution in [2.45, 2.75) is 17.7 Å². The van der Waals surface area contributed by atoms with Crippen molar-refractivity contribution in [2.24, 2.45) is 10.7 Å². The Morgan fingerprint density at radius 2 is 1.82 bits per heavy atom. The van der Waals surface area contributed by atoms with Gasteiger partial charge in [0.15, 0.2) is 17.5 Å². The van der Waals surface area contributed by atoms with Crippen LogP contribution in [0.1, 0.15) is 12.0 Å². The van der Waals surface area contributed by atoms with Gasteiger partial charge in [0.1, 0.15) is 5.82 Å². The molecule has 8 heteroatoms. The van der Waals surface area contributed by atoms with Crippen LogP contribution in [0.15, 0.2) is 52.4 Å². The Hall–Kier alpha value is -1.68. The first-order valence-electron chi connectivity index (χ1n) is 8.75. The van der Waals surface area contributed by atoms with Gasteiger partial charge in [-0.3, -0.25) is 4.99 Å². The van der Waals surface area contributed by atoms with Gasteiger partial charge in [-0.2, -0.15) is 0 Å². The summed E-state index contributed by atoms with van der Waals surface area (Å²) in [6, 6.07) is 12.4. The number of rotatable bonds is 10. The fraction of sp³-hybridized carbons (Fsp3) is 0.350. The van der Waals surface area contributed by atoms with E-state index >= 15 is 0 Å². The van der Waals surface area contributed by atoms with Crippen molar-refractivity contribution in [1.29, 1.82) is 0 Å². The number of hydrogen-bond donors (Lipinski definition) is 2. The number of thioether (sulfide) groups is 1. The summed E-state index contributed by atoms with van der Waals surface area (Å²) in [6.07, 6.45) is 1.71. The van der Waals surface area contributed by atoms with Gasteiger partial charge in [0.25, 0.3) is 0 Å². The molecule has 0 aliphatic carbocycles. The van der Waals surface area contributed by atoms with E-state index in [-0.39, 0.29) is 29.8 Å². The summed E-state index contributed by atoms with van der Waals surface area (Å²) in [4.78, 5) is 5.38. The van der Waals surface area contributed by atoms with Gasteiger partial charge in [0.2, 0.25) is 0 Å². The number of nitrogens with two attached hydrogens (primary N) is 1. The largest absolute Gasteiger partial charge is 0.493 e. The van der Waals surface area contributed by atoms with Gasteiger partial charge < -0.3 is 20.5 Å². The summed E-state index contributed by atoms with van der Waals surface area (Å²) in [6.45, 7) is 1.35. The number of hydrogen-bond acceptors (Lipinski definition) is 4. The first-order chi connectivity index (χ1) is 13.1. The van der Waals surface area contributed by atoms with Crippen LogP contribution in [0.3, 0.4) is 0 Å². The monoisotopic (exact) mass is 519 g/mol. The fourth-order valence-electron chi connectivity index (χ4n) is 2.41. The van der Waals surface area contributed by atoms with Crippen LogP contribution in [-0.4, -0.2) is 39.0 Å². The molecule has 2 aromatic carbocycles. The number of benzene rings is 2. The van der Waals surface area contributed by atoms with E-state index in [1.54, 1.807) is 38.1 Å². The molecule has 28 heavy (non-hydrogen) atoms. The third kappa shape index (κ3) is 8.55. The van der Waals surface area contributed by atoms with Gasteiger partial charge in [-0.15, -0.1) is 35.7 Å². The molecule has 0 heterocycles. The van der Waals surface area contributed by atoms with Gasteiger partial charge in [0, 0.05) is 18.0 Å². The van der Waals surface area contributed by atoms with Crippen molar-refractivity contribution in [1.82, 2.24) is 5.32 Å². The van der Waals surface area contributed by atoms with Gasteiger partial charge in [-0.25, -0.2) is 4.39 Å². The molecule has 0 fully saturated rings. The van der Waals surface area contributed by atoms with Gasteiger partial charge in [-0.05, 0) is 60.6 Å². The Labute approximate surface area is 187 Å². The van der Waals surface area contributed by atoms with Crippen LogP contribution in [0.5, 0.6) is 11.5 Å². The molecular weight excluding hydrogens is 492 g/mol. The Bertz CT molecular complexity index is 745. The summed E-state index contributed by atoms with van der Waals surface area (Å²) >= 11 is 1.68. The standard InChI is InChI=1S/C20H26FN3O2S.HI/c1-25-18-9-4-15(14-19(18)26-2)10-12-24-20(22)23-11-3-13-27-17-7-5-16(21)6-8-17;/h4-9,14H,3,10-13H2,1-2H3,(H3,22,23,24);1H. The second-order valence-corrected chi connectivity index (χ2v) is 6.96. The summed E-state index contributed by atoms with van der Waals surface area (Å²) < 4.78 is 23.4. The highest BCUT2D eigenvalue weighted by atomic mass is 127. The number of halogens is 2. The van der Waals surface area contributed by atoms with E-state index in [0.717, 1.165) is 34.8 Å². The van der Waals surface area contributed by atoms with Crippen molar-refractivity contribution < 1.29 is 13.9 Å². The quantitative estimate of drug-likeness (QED) is 0.163. The maximum absolute atomic E-state index is 12.8. The summed E-state index contributed by atoms with van der Waals surface area (Å²) in [5.41, 5.74) is 7.02. The summed E-state index contributed by atoms with van der Waals surface area (Å²) in [5.74, 6) is 2.58. The molecule has 0 radical (unpaired) electrons. The van der Waals surface area contributed by atoms with Crippen LogP contribution in [0, 0.1) is 5.82 Å². The molecular formula is C20H27FIN3O2S. The van der Waals surface area contributed by atoms with Gasteiger partial charge >= 0.3 is 0 Å². The predicted octanol–water partition coefficient (Wildman–Crippen LogP) is 4.09. The molecule has 0 aromatic heterocycles. The molecule has 2 aromatic rings. The molecule has 2 rings (SSSR count). The van der Waals surface area contributed by atoms with Crippen LogP contribution in [0.4, 0.5) is 4.39 Å². The topological polar surface area (TPSA) is 68.9 Å². The molecule has 5 nitrogen and oxygen atoms in total. The normalized spacial score (nSPS) is 10.9. The van der Waals surface area contributed by atoms with Gasteiger partial charge in [-0.1, -0.05) is 6.07 Å². The summed E-state index contributed by atoms with van der Waals surface area (Å²) in [7, 11) is 3.24. The third-order valence-electron chi connectivity index (χ3n) is 3.83. The second kappa shape index (κ2) is 13.5. The maximum atomic E-state index is 12.8. The van der Waals surface area contributed by atoms with Crippen molar-refractivity contribution in [2.75, 3.05) is 33.1 Å². The summed E-state index contributed by atoms with van der Waals surface area (Å²) in [5, 5.41) is 3.12. The van der Waals surface area contributed by atoms with E-state index in [1.807, 2.05) is 18.2 Å². The lowest BCUT2D eigenvalue weighted by Gasteiger charge is -2.10. The molecule has 0 aliphatic heterocycles. The van der Waals surface area contributed by atoms with E-state index in [4.69, 9.17) is 15.2 Å². The fourth-order valence-corrected chi connectivity index (χ4v) is 3.25. The van der Waals surface area contributed by atoms with Crippen LogP contribution in [0.2, 0.25) is 0 Å². The molecule has 0 unspecified atom stereocenters. The minimum atomic E-state index is -0.212. The number of nitrogens with one attached hydrogen (secondary N) is 1. The average molecular weight is 519 g/mol. The molecule has 0 aliphatic rings. The van der Waals surface area contributed by atoms with Crippen LogP contribution < -0.4 is 20.5 Å². The maximum Gasteiger partial charge on any atom is 0.188 e. The number of ether oxygens (including phenoxy) is 2. The highest BCUT2D eigenvalue weighted by Gasteiger charge is 2.04. The lowest BCUT2D eigenvalue weighted by atomic mass is 10.1. The number of methoxy groups -OCH3 is 2. The van der Waals surface area contributed by atoms with Crippen LogP contribution >= 0.6 is 35.7 Å². The smallest absolute Gasteiger partial charge is 0.188 e. The molecule has 3 N–H and O–H groups in total. The van der Waals surface area contributed by atoms with E-state index in [2.05, 4.69) is 10.3 Å². The molecule has 0 saturated heterocycles. The van der Waals surface area contributed by atoms with Crippen molar-refractivity contribution in [3.8, 4) is 11.5 Å². The molecule has 0 spiro atoms. The average Bonchev–Trinajstić information content (AvgIpc) is 2.69. The Kier molecular flexibility index (Phi) is 11.7. The Morgan fingerprint density at radius 1 is 1.11 bits per heavy atom. The second-order valence-electron chi connectivity index (χ2n) is 5.79. The zero-order valence-electron chi connectivity index (χ0n) is 16.1. The first-order valence-corrected chi connectivity index (χ1v) is 9.74. The number of guanidine groups is 1. The number of nitrogens with zero attached hydrogens (tertiary/aromatic N) is 1. The van der Waals surface area contributed by atoms with E-state index in [1.165, 1.54) is 12.1 Å². The highest BCUT2D eigenvalue weighted by Crippen LogP contribution is 2.27. The molecule has 0 atom stereocenters. The zero-order chi connectivity index (χ0) is 19.5. The van der Waals surface area contributed by atoms with E-state index in [9.17, 15) is 4.39 Å². The minimum absolute atomic E-state index is 0. The SMILES string of the molecule is COc1ccc(CCNC(N)=NCCCSc2ccc(F)cc2)cc1OC.I. The first kappa shape index (κ1) is 24.4. The lowest BCUT2D eigenvalue weighted by molar-refractivity contribution is 0.354. The van der Waals surface area contributed by atoms with Crippen molar-refractivity contribution in [3.05, 3.63) is 53.8 Å².